The highest BCUT2D eigenvalue weighted by atomic mass is 16.6. The molecule has 0 spiro atoms. The van der Waals surface area contributed by atoms with Gasteiger partial charge in [0, 0.05) is 32.7 Å². The van der Waals surface area contributed by atoms with Gasteiger partial charge in [0.05, 0.1) is 12.5 Å². The van der Waals surface area contributed by atoms with Crippen LogP contribution in [-0.4, -0.2) is 78.6 Å². The smallest absolute Gasteiger partial charge is 0.410 e. The standard InChI is InChI=1S/C28H43N3O6/c1-6-8-18-36-26(34)22(7-2)19-29-25(33)23-10-9-15-31(20-23)24(32)12-11-21-13-16-30(17-14-21)27(35)37-28(3,4)5/h2,11-12,21-23H,6,8-10,13-20H2,1,3-5H3,(H,29,33)/b12-11+/t22-,23+/m0/s1. The predicted molar refractivity (Wildman–Crippen MR) is 140 cm³/mol. The Hall–Kier alpha value is -3.02. The van der Waals surface area contributed by atoms with Crippen molar-refractivity contribution < 1.29 is 28.7 Å². The third kappa shape index (κ3) is 10.5. The van der Waals surface area contributed by atoms with E-state index in [9.17, 15) is 19.2 Å². The summed E-state index contributed by atoms with van der Waals surface area (Å²) < 4.78 is 10.6. The molecule has 3 amide bonds. The quantitative estimate of drug-likeness (QED) is 0.218. The molecule has 1 N–H and O–H groups in total. The average Bonchev–Trinajstić information content (AvgIpc) is 2.87. The van der Waals surface area contributed by atoms with Gasteiger partial charge in [-0.1, -0.05) is 25.3 Å². The molecule has 0 aromatic heterocycles. The number of terminal acetylenes is 1. The molecule has 9 nitrogen and oxygen atoms in total. The summed E-state index contributed by atoms with van der Waals surface area (Å²) in [6, 6.07) is 0. The first kappa shape index (κ1) is 30.2. The maximum Gasteiger partial charge on any atom is 0.410 e. The van der Waals surface area contributed by atoms with Crippen molar-refractivity contribution in [1.29, 1.82) is 0 Å². The number of rotatable bonds is 9. The number of amides is 3. The second kappa shape index (κ2) is 14.7. The molecule has 0 aliphatic carbocycles. The van der Waals surface area contributed by atoms with Crippen LogP contribution in [-0.2, 0) is 23.9 Å². The van der Waals surface area contributed by atoms with Crippen LogP contribution in [0.25, 0.3) is 0 Å². The molecule has 2 saturated heterocycles. The third-order valence-corrected chi connectivity index (χ3v) is 6.51. The van der Waals surface area contributed by atoms with Crippen LogP contribution in [0.4, 0.5) is 4.79 Å². The molecule has 0 radical (unpaired) electrons. The normalized spacial score (nSPS) is 19.7. The molecule has 2 aliphatic heterocycles. The van der Waals surface area contributed by atoms with Crippen molar-refractivity contribution >= 4 is 23.9 Å². The SMILES string of the molecule is C#C[C@@H](CNC(=O)[C@@H]1CCCN(C(=O)/C=C/C2CCN(C(=O)OC(C)(C)C)CC2)C1)C(=O)OCCCC. The number of ether oxygens (including phenoxy) is 2. The highest BCUT2D eigenvalue weighted by Gasteiger charge is 2.29. The number of nitrogens with zero attached hydrogens (tertiary/aromatic N) is 2. The average molecular weight is 518 g/mol. The van der Waals surface area contributed by atoms with Crippen molar-refractivity contribution in [3.8, 4) is 12.3 Å². The summed E-state index contributed by atoms with van der Waals surface area (Å²) in [6.07, 6.45) is 13.3. The second-order valence-corrected chi connectivity index (χ2v) is 10.8. The molecule has 2 atom stereocenters. The van der Waals surface area contributed by atoms with E-state index >= 15 is 0 Å². The summed E-state index contributed by atoms with van der Waals surface area (Å²) >= 11 is 0. The first-order valence-corrected chi connectivity index (χ1v) is 13.4. The summed E-state index contributed by atoms with van der Waals surface area (Å²) in [7, 11) is 0. The van der Waals surface area contributed by atoms with Crippen molar-refractivity contribution in [3.63, 3.8) is 0 Å². The predicted octanol–water partition coefficient (Wildman–Crippen LogP) is 3.14. The van der Waals surface area contributed by atoms with Crippen LogP contribution < -0.4 is 5.32 Å². The van der Waals surface area contributed by atoms with Gasteiger partial charge in [0.1, 0.15) is 11.5 Å². The van der Waals surface area contributed by atoms with E-state index in [1.165, 1.54) is 0 Å². The number of allylic oxidation sites excluding steroid dienone is 1. The van der Waals surface area contributed by atoms with Gasteiger partial charge in [-0.25, -0.2) is 4.79 Å². The Morgan fingerprint density at radius 2 is 1.81 bits per heavy atom. The monoisotopic (exact) mass is 517 g/mol. The van der Waals surface area contributed by atoms with E-state index in [0.29, 0.717) is 39.2 Å². The molecule has 0 aromatic rings. The van der Waals surface area contributed by atoms with Crippen LogP contribution in [0.5, 0.6) is 0 Å². The zero-order chi connectivity index (χ0) is 27.4. The fourth-order valence-electron chi connectivity index (χ4n) is 4.29. The lowest BCUT2D eigenvalue weighted by Crippen LogP contribution is -2.46. The number of unbranched alkanes of at least 4 members (excludes halogenated alkanes) is 1. The minimum atomic E-state index is -0.827. The number of piperidine rings is 2. The van der Waals surface area contributed by atoms with Crippen molar-refractivity contribution in [1.82, 2.24) is 15.1 Å². The molecule has 0 saturated carbocycles. The summed E-state index contributed by atoms with van der Waals surface area (Å²) in [4.78, 5) is 53.2. The van der Waals surface area contributed by atoms with Crippen molar-refractivity contribution in [3.05, 3.63) is 12.2 Å². The number of hydrogen-bond acceptors (Lipinski definition) is 6. The minimum Gasteiger partial charge on any atom is -0.465 e. The molecule has 206 valence electrons. The molecule has 37 heavy (non-hydrogen) atoms. The Kier molecular flexibility index (Phi) is 12.0. The lowest BCUT2D eigenvalue weighted by Gasteiger charge is -2.33. The van der Waals surface area contributed by atoms with Gasteiger partial charge in [-0.15, -0.1) is 6.42 Å². The summed E-state index contributed by atoms with van der Waals surface area (Å²) in [5.41, 5.74) is -0.521. The van der Waals surface area contributed by atoms with Gasteiger partial charge in [-0.2, -0.15) is 0 Å². The molecule has 2 fully saturated rings. The number of likely N-dealkylation sites (tertiary alicyclic amines) is 2. The van der Waals surface area contributed by atoms with Gasteiger partial charge in [0.15, 0.2) is 0 Å². The highest BCUT2D eigenvalue weighted by Crippen LogP contribution is 2.22. The van der Waals surface area contributed by atoms with Gasteiger partial charge in [-0.3, -0.25) is 14.4 Å². The third-order valence-electron chi connectivity index (χ3n) is 6.51. The van der Waals surface area contributed by atoms with Crippen molar-refractivity contribution in [2.45, 2.75) is 71.8 Å². The lowest BCUT2D eigenvalue weighted by atomic mass is 9.95. The lowest BCUT2D eigenvalue weighted by molar-refractivity contribution is -0.146. The molecule has 2 rings (SSSR count). The van der Waals surface area contributed by atoms with Crippen LogP contribution in [0.1, 0.15) is 66.2 Å². The largest absolute Gasteiger partial charge is 0.465 e. The topological polar surface area (TPSA) is 105 Å². The minimum absolute atomic E-state index is 0.0205. The van der Waals surface area contributed by atoms with Gasteiger partial charge >= 0.3 is 12.1 Å². The fourth-order valence-corrected chi connectivity index (χ4v) is 4.29. The Morgan fingerprint density at radius 3 is 2.43 bits per heavy atom. The van der Waals surface area contributed by atoms with E-state index in [1.807, 2.05) is 33.8 Å². The molecule has 9 heteroatoms. The number of hydrogen-bond donors (Lipinski definition) is 1. The number of esters is 1. The van der Waals surface area contributed by atoms with Gasteiger partial charge in [-0.05, 0) is 64.9 Å². The molecular formula is C28H43N3O6. The molecule has 0 unspecified atom stereocenters. The summed E-state index contributed by atoms with van der Waals surface area (Å²) in [5, 5.41) is 2.76. The second-order valence-electron chi connectivity index (χ2n) is 10.8. The molecule has 0 aromatic carbocycles. The van der Waals surface area contributed by atoms with Crippen LogP contribution in [0.15, 0.2) is 12.2 Å². The zero-order valence-electron chi connectivity index (χ0n) is 22.8. The van der Waals surface area contributed by atoms with Crippen molar-refractivity contribution in [2.75, 3.05) is 39.3 Å². The van der Waals surface area contributed by atoms with Gasteiger partial charge in [0.25, 0.3) is 0 Å². The number of nitrogens with one attached hydrogen (secondary N) is 1. The first-order valence-electron chi connectivity index (χ1n) is 13.4. The van der Waals surface area contributed by atoms with Gasteiger partial charge in [0.2, 0.25) is 11.8 Å². The van der Waals surface area contributed by atoms with E-state index in [-0.39, 0.29) is 36.3 Å². The summed E-state index contributed by atoms with van der Waals surface area (Å²) in [6.45, 7) is 9.99. The maximum atomic E-state index is 12.8. The van der Waals surface area contributed by atoms with Crippen molar-refractivity contribution in [2.24, 2.45) is 17.8 Å². The van der Waals surface area contributed by atoms with Crippen LogP contribution in [0, 0.1) is 30.1 Å². The van der Waals surface area contributed by atoms with E-state index in [4.69, 9.17) is 15.9 Å². The highest BCUT2D eigenvalue weighted by molar-refractivity contribution is 5.88. The van der Waals surface area contributed by atoms with Gasteiger partial charge < -0.3 is 24.6 Å². The zero-order valence-corrected chi connectivity index (χ0v) is 22.8. The van der Waals surface area contributed by atoms with Crippen LogP contribution >= 0.6 is 0 Å². The summed E-state index contributed by atoms with van der Waals surface area (Å²) in [5.74, 6) is 0.596. The Bertz CT molecular complexity index is 864. The van der Waals surface area contributed by atoms with E-state index in [1.54, 1.807) is 15.9 Å². The van der Waals surface area contributed by atoms with Crippen LogP contribution in [0.2, 0.25) is 0 Å². The molecular weight excluding hydrogens is 474 g/mol. The van der Waals surface area contributed by atoms with E-state index in [2.05, 4.69) is 11.2 Å². The Balaban J connectivity index is 1.78. The Morgan fingerprint density at radius 1 is 1.11 bits per heavy atom. The molecule has 2 aliphatic rings. The molecule has 0 bridgehead atoms. The van der Waals surface area contributed by atoms with E-state index in [0.717, 1.165) is 32.1 Å². The maximum absolute atomic E-state index is 12.8. The molecule has 2 heterocycles. The Labute approximate surface area is 221 Å². The number of carbonyl (C=O) groups is 4. The number of carbonyl (C=O) groups excluding carboxylic acids is 4. The van der Waals surface area contributed by atoms with Crippen LogP contribution in [0.3, 0.4) is 0 Å². The fraction of sp³-hybridized carbons (Fsp3) is 0.714. The first-order chi connectivity index (χ1) is 17.5. The van der Waals surface area contributed by atoms with E-state index < -0.39 is 17.5 Å².